The second kappa shape index (κ2) is 6.99. The minimum absolute atomic E-state index is 0.00451. The van der Waals surface area contributed by atoms with Gasteiger partial charge in [0.25, 0.3) is 0 Å². The zero-order chi connectivity index (χ0) is 14.5. The summed E-state index contributed by atoms with van der Waals surface area (Å²) in [5, 5.41) is 9.47. The average Bonchev–Trinajstić information content (AvgIpc) is 2.69. The van der Waals surface area contributed by atoms with Gasteiger partial charge >= 0.3 is 0 Å². The van der Waals surface area contributed by atoms with Crippen molar-refractivity contribution in [2.75, 3.05) is 20.3 Å². The SMILES string of the molecule is COc1ccc(F)c(F)c1CN1CCCCC[C@H]1CO. The van der Waals surface area contributed by atoms with E-state index in [0.717, 1.165) is 38.3 Å². The van der Waals surface area contributed by atoms with E-state index in [1.54, 1.807) is 0 Å². The van der Waals surface area contributed by atoms with Crippen LogP contribution < -0.4 is 4.74 Å². The number of likely N-dealkylation sites (tertiary alicyclic amines) is 1. The first-order chi connectivity index (χ1) is 9.67. The highest BCUT2D eigenvalue weighted by molar-refractivity contribution is 5.35. The molecule has 0 unspecified atom stereocenters. The Morgan fingerprint density at radius 2 is 2.10 bits per heavy atom. The Labute approximate surface area is 118 Å². The summed E-state index contributed by atoms with van der Waals surface area (Å²) in [7, 11) is 1.45. The van der Waals surface area contributed by atoms with Gasteiger partial charge in [-0.25, -0.2) is 8.78 Å². The van der Waals surface area contributed by atoms with Gasteiger partial charge in [-0.1, -0.05) is 12.8 Å². The summed E-state index contributed by atoms with van der Waals surface area (Å²) < 4.78 is 32.5. The maximum atomic E-state index is 14.0. The number of hydrogen-bond donors (Lipinski definition) is 1. The van der Waals surface area contributed by atoms with Crippen LogP contribution in [0.15, 0.2) is 12.1 Å². The Kier molecular flexibility index (Phi) is 5.31. The van der Waals surface area contributed by atoms with Gasteiger partial charge in [0, 0.05) is 18.2 Å². The third kappa shape index (κ3) is 3.27. The molecule has 5 heteroatoms. The van der Waals surface area contributed by atoms with Gasteiger partial charge in [0.15, 0.2) is 11.6 Å². The van der Waals surface area contributed by atoms with E-state index in [1.807, 2.05) is 4.90 Å². The molecule has 1 aromatic carbocycles. The van der Waals surface area contributed by atoms with Crippen LogP contribution >= 0.6 is 0 Å². The molecule has 1 aromatic rings. The zero-order valence-corrected chi connectivity index (χ0v) is 11.7. The molecule has 1 aliphatic heterocycles. The molecule has 0 aromatic heterocycles. The quantitative estimate of drug-likeness (QED) is 0.923. The summed E-state index contributed by atoms with van der Waals surface area (Å²) in [5.74, 6) is -1.37. The number of methoxy groups -OCH3 is 1. The fraction of sp³-hybridized carbons (Fsp3) is 0.600. The molecule has 0 bridgehead atoms. The first-order valence-electron chi connectivity index (χ1n) is 7.03. The molecule has 2 rings (SSSR count). The summed E-state index contributed by atoms with van der Waals surface area (Å²) in [4.78, 5) is 2.02. The van der Waals surface area contributed by atoms with Crippen molar-refractivity contribution in [3.05, 3.63) is 29.3 Å². The van der Waals surface area contributed by atoms with Gasteiger partial charge in [0.05, 0.1) is 13.7 Å². The van der Waals surface area contributed by atoms with Crippen molar-refractivity contribution in [2.24, 2.45) is 0 Å². The second-order valence-electron chi connectivity index (χ2n) is 5.20. The first kappa shape index (κ1) is 15.2. The molecule has 1 fully saturated rings. The predicted octanol–water partition coefficient (Wildman–Crippen LogP) is 2.71. The van der Waals surface area contributed by atoms with Gasteiger partial charge in [-0.15, -0.1) is 0 Å². The molecule has 20 heavy (non-hydrogen) atoms. The number of rotatable bonds is 4. The van der Waals surface area contributed by atoms with Crippen LogP contribution in [0, 0.1) is 11.6 Å². The molecule has 0 radical (unpaired) electrons. The molecule has 1 aliphatic rings. The molecule has 1 atom stereocenters. The highest BCUT2D eigenvalue weighted by Crippen LogP contribution is 2.27. The molecule has 1 N–H and O–H groups in total. The van der Waals surface area contributed by atoms with Crippen molar-refractivity contribution in [1.29, 1.82) is 0 Å². The fourth-order valence-corrected chi connectivity index (χ4v) is 2.77. The van der Waals surface area contributed by atoms with Crippen LogP contribution in [-0.4, -0.2) is 36.3 Å². The monoisotopic (exact) mass is 285 g/mol. The molecule has 0 saturated carbocycles. The van der Waals surface area contributed by atoms with Gasteiger partial charge in [-0.2, -0.15) is 0 Å². The molecule has 0 spiro atoms. The lowest BCUT2D eigenvalue weighted by atomic mass is 10.1. The van der Waals surface area contributed by atoms with E-state index in [4.69, 9.17) is 4.74 Å². The highest BCUT2D eigenvalue weighted by Gasteiger charge is 2.24. The minimum Gasteiger partial charge on any atom is -0.496 e. The van der Waals surface area contributed by atoms with Crippen molar-refractivity contribution < 1.29 is 18.6 Å². The highest BCUT2D eigenvalue weighted by atomic mass is 19.2. The smallest absolute Gasteiger partial charge is 0.167 e. The topological polar surface area (TPSA) is 32.7 Å². The number of nitrogens with zero attached hydrogens (tertiary/aromatic N) is 1. The van der Waals surface area contributed by atoms with E-state index < -0.39 is 11.6 Å². The largest absolute Gasteiger partial charge is 0.496 e. The molecule has 0 amide bonds. The molecule has 112 valence electrons. The van der Waals surface area contributed by atoms with E-state index in [9.17, 15) is 13.9 Å². The summed E-state index contributed by atoms with van der Waals surface area (Å²) in [5.41, 5.74) is 0.229. The van der Waals surface area contributed by atoms with Crippen LogP contribution in [-0.2, 0) is 6.54 Å². The number of benzene rings is 1. The Morgan fingerprint density at radius 3 is 2.80 bits per heavy atom. The van der Waals surface area contributed by atoms with Crippen molar-refractivity contribution in [3.8, 4) is 5.75 Å². The van der Waals surface area contributed by atoms with E-state index >= 15 is 0 Å². The lowest BCUT2D eigenvalue weighted by molar-refractivity contribution is 0.116. The Hall–Kier alpha value is -1.20. The average molecular weight is 285 g/mol. The minimum atomic E-state index is -0.865. The van der Waals surface area contributed by atoms with Crippen LogP contribution in [0.5, 0.6) is 5.75 Å². The van der Waals surface area contributed by atoms with E-state index in [0.29, 0.717) is 5.75 Å². The van der Waals surface area contributed by atoms with Gasteiger partial charge in [0.2, 0.25) is 0 Å². The van der Waals surface area contributed by atoms with Crippen molar-refractivity contribution in [3.63, 3.8) is 0 Å². The standard InChI is InChI=1S/C15H21F2NO2/c1-20-14-7-6-13(16)15(17)12(14)9-18-8-4-2-3-5-11(18)10-19/h6-7,11,19H,2-5,8-10H2,1H3/t11-/m0/s1. The second-order valence-corrected chi connectivity index (χ2v) is 5.20. The lowest BCUT2D eigenvalue weighted by Crippen LogP contribution is -2.37. The summed E-state index contributed by atoms with van der Waals surface area (Å²) >= 11 is 0. The Balaban J connectivity index is 2.25. The fourth-order valence-electron chi connectivity index (χ4n) is 2.77. The normalized spacial score (nSPS) is 20.7. The molecule has 3 nitrogen and oxygen atoms in total. The number of aliphatic hydroxyl groups is 1. The van der Waals surface area contributed by atoms with Crippen LogP contribution in [0.1, 0.15) is 31.2 Å². The van der Waals surface area contributed by atoms with Gasteiger partial charge in [0.1, 0.15) is 5.75 Å². The first-order valence-corrected chi connectivity index (χ1v) is 7.03. The third-order valence-electron chi connectivity index (χ3n) is 3.94. The zero-order valence-electron chi connectivity index (χ0n) is 11.7. The maximum Gasteiger partial charge on any atom is 0.167 e. The van der Waals surface area contributed by atoms with Crippen molar-refractivity contribution in [2.45, 2.75) is 38.3 Å². The predicted molar refractivity (Wildman–Crippen MR) is 72.7 cm³/mol. The summed E-state index contributed by atoms with van der Waals surface area (Å²) in [6, 6.07) is 2.52. The Morgan fingerprint density at radius 1 is 1.30 bits per heavy atom. The van der Waals surface area contributed by atoms with E-state index in [-0.39, 0.29) is 24.8 Å². The molecular formula is C15H21F2NO2. The molecule has 0 aliphatic carbocycles. The Bertz CT molecular complexity index is 454. The number of aliphatic hydroxyl groups excluding tert-OH is 1. The summed E-state index contributed by atoms with van der Waals surface area (Å²) in [6.07, 6.45) is 4.06. The molecule has 1 saturated heterocycles. The van der Waals surface area contributed by atoms with Gasteiger partial charge < -0.3 is 9.84 Å². The van der Waals surface area contributed by atoms with Crippen molar-refractivity contribution in [1.82, 2.24) is 4.90 Å². The van der Waals surface area contributed by atoms with Crippen LogP contribution in [0.3, 0.4) is 0 Å². The summed E-state index contributed by atoms with van der Waals surface area (Å²) in [6.45, 7) is 1.08. The number of ether oxygens (including phenoxy) is 1. The molecular weight excluding hydrogens is 264 g/mol. The maximum absolute atomic E-state index is 14.0. The van der Waals surface area contributed by atoms with Gasteiger partial charge in [-0.05, 0) is 31.5 Å². The van der Waals surface area contributed by atoms with E-state index in [2.05, 4.69) is 0 Å². The van der Waals surface area contributed by atoms with Gasteiger partial charge in [-0.3, -0.25) is 4.90 Å². The van der Waals surface area contributed by atoms with E-state index in [1.165, 1.54) is 13.2 Å². The van der Waals surface area contributed by atoms with Crippen LogP contribution in [0.25, 0.3) is 0 Å². The van der Waals surface area contributed by atoms with Crippen LogP contribution in [0.4, 0.5) is 8.78 Å². The third-order valence-corrected chi connectivity index (χ3v) is 3.94. The van der Waals surface area contributed by atoms with Crippen molar-refractivity contribution >= 4 is 0 Å². The lowest BCUT2D eigenvalue weighted by Gasteiger charge is -2.29. The number of hydrogen-bond acceptors (Lipinski definition) is 3. The molecule has 1 heterocycles. The number of halogens is 2. The van der Waals surface area contributed by atoms with Crippen LogP contribution in [0.2, 0.25) is 0 Å².